The number of aryl methyl sites for hydroxylation is 1. The number of nitrogens with zero attached hydrogens (tertiary/aromatic N) is 4. The number of rotatable bonds is 2. The molecule has 8 nitrogen and oxygen atoms in total. The molecule has 4 heterocycles. The van der Waals surface area contributed by atoms with Gasteiger partial charge in [0.15, 0.2) is 10.8 Å². The number of amides is 1. The zero-order valence-electron chi connectivity index (χ0n) is 13.1. The van der Waals surface area contributed by atoms with E-state index >= 15 is 0 Å². The highest BCUT2D eigenvalue weighted by molar-refractivity contribution is 7.92. The SMILES string of the molecule is CC1C(=O)Nc2cccnc2N1S(=O)(=O)c1cnc2n1CCCC2. The molecule has 2 aliphatic rings. The van der Waals surface area contributed by atoms with E-state index in [0.717, 1.165) is 29.4 Å². The van der Waals surface area contributed by atoms with E-state index in [2.05, 4.69) is 15.3 Å². The van der Waals surface area contributed by atoms with E-state index in [1.165, 1.54) is 12.4 Å². The number of fused-ring (bicyclic) bond motifs is 2. The molecule has 4 rings (SSSR count). The van der Waals surface area contributed by atoms with Gasteiger partial charge in [0.1, 0.15) is 11.9 Å². The Balaban J connectivity index is 1.88. The van der Waals surface area contributed by atoms with Crippen molar-refractivity contribution in [1.29, 1.82) is 0 Å². The number of anilines is 2. The molecule has 1 N–H and O–H groups in total. The van der Waals surface area contributed by atoms with E-state index in [1.54, 1.807) is 23.6 Å². The van der Waals surface area contributed by atoms with E-state index in [0.29, 0.717) is 12.2 Å². The predicted molar refractivity (Wildman–Crippen MR) is 87.2 cm³/mol. The first kappa shape index (κ1) is 15.1. The van der Waals surface area contributed by atoms with Crippen molar-refractivity contribution in [3.05, 3.63) is 30.4 Å². The Kier molecular flexibility index (Phi) is 3.34. The molecular weight excluding hydrogens is 330 g/mol. The van der Waals surface area contributed by atoms with Crippen molar-refractivity contribution in [3.8, 4) is 0 Å². The zero-order valence-corrected chi connectivity index (χ0v) is 14.0. The molecule has 24 heavy (non-hydrogen) atoms. The largest absolute Gasteiger partial charge is 0.321 e. The fraction of sp³-hybridized carbons (Fsp3) is 0.400. The number of hydrogen-bond donors (Lipinski definition) is 1. The van der Waals surface area contributed by atoms with Crippen LogP contribution in [0.1, 0.15) is 25.6 Å². The molecule has 9 heteroatoms. The molecule has 0 bridgehead atoms. The van der Waals surface area contributed by atoms with E-state index < -0.39 is 16.1 Å². The maximum atomic E-state index is 13.3. The van der Waals surface area contributed by atoms with Gasteiger partial charge in [-0.3, -0.25) is 4.79 Å². The van der Waals surface area contributed by atoms with Gasteiger partial charge in [0.05, 0.1) is 11.9 Å². The first-order valence-electron chi connectivity index (χ1n) is 7.85. The van der Waals surface area contributed by atoms with Crippen molar-refractivity contribution >= 4 is 27.4 Å². The van der Waals surface area contributed by atoms with Gasteiger partial charge in [-0.25, -0.2) is 14.3 Å². The fourth-order valence-corrected chi connectivity index (χ4v) is 4.96. The topological polar surface area (TPSA) is 97.2 Å². The number of hydrogen-bond acceptors (Lipinski definition) is 5. The molecular formula is C15H17N5O3S. The first-order valence-corrected chi connectivity index (χ1v) is 9.29. The van der Waals surface area contributed by atoms with Crippen molar-refractivity contribution in [2.45, 2.75) is 43.8 Å². The molecule has 1 atom stereocenters. The molecule has 0 radical (unpaired) electrons. The van der Waals surface area contributed by atoms with Gasteiger partial charge in [0.25, 0.3) is 10.0 Å². The van der Waals surface area contributed by atoms with E-state index in [-0.39, 0.29) is 16.8 Å². The van der Waals surface area contributed by atoms with Gasteiger partial charge in [-0.2, -0.15) is 8.42 Å². The minimum absolute atomic E-state index is 0.121. The highest BCUT2D eigenvalue weighted by Crippen LogP contribution is 2.34. The third-order valence-corrected chi connectivity index (χ3v) is 6.30. The second-order valence-electron chi connectivity index (χ2n) is 5.96. The summed E-state index contributed by atoms with van der Waals surface area (Å²) in [6.07, 6.45) is 5.58. The lowest BCUT2D eigenvalue weighted by molar-refractivity contribution is -0.117. The molecule has 0 aliphatic carbocycles. The molecule has 1 amide bonds. The number of sulfonamides is 1. The molecule has 126 valence electrons. The van der Waals surface area contributed by atoms with Crippen molar-refractivity contribution in [3.63, 3.8) is 0 Å². The summed E-state index contributed by atoms with van der Waals surface area (Å²) in [6, 6.07) is 2.41. The minimum atomic E-state index is -3.95. The van der Waals surface area contributed by atoms with Crippen LogP contribution in [0.5, 0.6) is 0 Å². The van der Waals surface area contributed by atoms with Crippen LogP contribution in [-0.2, 0) is 27.8 Å². The lowest BCUT2D eigenvalue weighted by atomic mass is 10.2. The van der Waals surface area contributed by atoms with Gasteiger partial charge in [-0.05, 0) is 31.9 Å². The van der Waals surface area contributed by atoms with Gasteiger partial charge in [-0.1, -0.05) is 0 Å². The first-order chi connectivity index (χ1) is 11.5. The van der Waals surface area contributed by atoms with Crippen LogP contribution in [0.2, 0.25) is 0 Å². The van der Waals surface area contributed by atoms with Crippen LogP contribution >= 0.6 is 0 Å². The van der Waals surface area contributed by atoms with Crippen LogP contribution in [0, 0.1) is 0 Å². The van der Waals surface area contributed by atoms with Gasteiger partial charge in [-0.15, -0.1) is 0 Å². The van der Waals surface area contributed by atoms with Crippen LogP contribution in [0.25, 0.3) is 0 Å². The number of carbonyl (C=O) groups is 1. The Labute approximate surface area is 139 Å². The normalized spacial score (nSPS) is 20.3. The lowest BCUT2D eigenvalue weighted by Crippen LogP contribution is -2.50. The quantitative estimate of drug-likeness (QED) is 0.879. The average Bonchev–Trinajstić information content (AvgIpc) is 3.00. The van der Waals surface area contributed by atoms with Gasteiger partial charge in [0.2, 0.25) is 5.91 Å². The molecule has 2 aromatic heterocycles. The standard InChI is InChI=1S/C15H17N5O3S/c1-10-15(21)18-11-5-4-7-16-14(11)20(10)24(22,23)13-9-17-12-6-2-3-8-19(12)13/h4-5,7,9-10H,2-3,6,8H2,1H3,(H,18,21). The Morgan fingerprint density at radius 1 is 1.29 bits per heavy atom. The predicted octanol–water partition coefficient (Wildman–Crippen LogP) is 1.15. The number of imidazole rings is 1. The summed E-state index contributed by atoms with van der Waals surface area (Å²) in [5, 5.41) is 2.81. The number of aromatic nitrogens is 3. The van der Waals surface area contributed by atoms with Crippen LogP contribution in [0.15, 0.2) is 29.6 Å². The zero-order chi connectivity index (χ0) is 16.9. The Morgan fingerprint density at radius 3 is 2.96 bits per heavy atom. The lowest BCUT2D eigenvalue weighted by Gasteiger charge is -2.34. The molecule has 0 saturated carbocycles. The summed E-state index contributed by atoms with van der Waals surface area (Å²) < 4.78 is 29.4. The van der Waals surface area contributed by atoms with E-state index in [4.69, 9.17) is 0 Å². The second-order valence-corrected chi connectivity index (χ2v) is 7.72. The summed E-state index contributed by atoms with van der Waals surface area (Å²) in [5.41, 5.74) is 0.391. The van der Waals surface area contributed by atoms with Crippen molar-refractivity contribution in [1.82, 2.24) is 14.5 Å². The van der Waals surface area contributed by atoms with Crippen LogP contribution in [-0.4, -0.2) is 34.9 Å². The fourth-order valence-electron chi connectivity index (χ4n) is 3.21. The minimum Gasteiger partial charge on any atom is -0.321 e. The third-order valence-electron chi connectivity index (χ3n) is 4.44. The highest BCUT2D eigenvalue weighted by atomic mass is 32.2. The molecule has 0 fully saturated rings. The summed E-state index contributed by atoms with van der Waals surface area (Å²) in [4.78, 5) is 20.6. The molecule has 1 unspecified atom stereocenters. The summed E-state index contributed by atoms with van der Waals surface area (Å²) >= 11 is 0. The molecule has 2 aliphatic heterocycles. The van der Waals surface area contributed by atoms with Gasteiger partial charge in [0, 0.05) is 19.2 Å². The molecule has 0 saturated heterocycles. The van der Waals surface area contributed by atoms with Crippen molar-refractivity contribution in [2.24, 2.45) is 0 Å². The second kappa shape index (κ2) is 5.30. The maximum absolute atomic E-state index is 13.3. The van der Waals surface area contributed by atoms with Crippen molar-refractivity contribution in [2.75, 3.05) is 9.62 Å². The average molecular weight is 347 g/mol. The van der Waals surface area contributed by atoms with E-state index in [9.17, 15) is 13.2 Å². The smallest absolute Gasteiger partial charge is 0.283 e. The number of pyridine rings is 1. The monoisotopic (exact) mass is 347 g/mol. The third kappa shape index (κ3) is 2.11. The van der Waals surface area contributed by atoms with E-state index in [1.807, 2.05) is 0 Å². The summed E-state index contributed by atoms with van der Waals surface area (Å²) in [6.45, 7) is 2.17. The number of nitrogens with one attached hydrogen (secondary N) is 1. The Bertz CT molecular complexity index is 921. The highest BCUT2D eigenvalue weighted by Gasteiger charge is 2.41. The summed E-state index contributed by atoms with van der Waals surface area (Å²) in [7, 11) is -3.95. The summed E-state index contributed by atoms with van der Waals surface area (Å²) in [5.74, 6) is 0.628. The van der Waals surface area contributed by atoms with Crippen molar-refractivity contribution < 1.29 is 13.2 Å². The van der Waals surface area contributed by atoms with Crippen LogP contribution < -0.4 is 9.62 Å². The number of carbonyl (C=O) groups excluding carboxylic acids is 1. The maximum Gasteiger partial charge on any atom is 0.283 e. The van der Waals surface area contributed by atoms with Gasteiger partial charge < -0.3 is 9.88 Å². The molecule has 0 aromatic carbocycles. The molecule has 2 aromatic rings. The molecule has 0 spiro atoms. The van der Waals surface area contributed by atoms with Crippen LogP contribution in [0.4, 0.5) is 11.5 Å². The van der Waals surface area contributed by atoms with Gasteiger partial charge >= 0.3 is 0 Å². The van der Waals surface area contributed by atoms with Crippen LogP contribution in [0.3, 0.4) is 0 Å². The Morgan fingerprint density at radius 2 is 2.12 bits per heavy atom. The Hall–Kier alpha value is -2.42.